The number of carboxylic acid groups (broad SMARTS) is 1. The van der Waals surface area contributed by atoms with Crippen LogP contribution >= 0.6 is 0 Å². The number of methoxy groups -OCH3 is 1. The van der Waals surface area contributed by atoms with Gasteiger partial charge < -0.3 is 14.4 Å². The van der Waals surface area contributed by atoms with Crippen molar-refractivity contribution in [1.82, 2.24) is 19.7 Å². The summed E-state index contributed by atoms with van der Waals surface area (Å²) in [5.41, 5.74) is 4.52. The summed E-state index contributed by atoms with van der Waals surface area (Å²) in [7, 11) is 1.48. The lowest BCUT2D eigenvalue weighted by molar-refractivity contribution is -0.166. The van der Waals surface area contributed by atoms with E-state index in [0.29, 0.717) is 31.3 Å². The van der Waals surface area contributed by atoms with Gasteiger partial charge in [-0.3, -0.25) is 5.10 Å². The highest BCUT2D eigenvalue weighted by Gasteiger charge is 2.43. The predicted molar refractivity (Wildman–Crippen MR) is 123 cm³/mol. The highest BCUT2D eigenvalue weighted by molar-refractivity contribution is 5.93. The number of H-pyrrole nitrogens is 1. The number of carbonyl (C=O) groups is 1. The molecule has 1 saturated carbocycles. The molecule has 0 radical (unpaired) electrons. The van der Waals surface area contributed by atoms with Crippen LogP contribution in [0, 0.1) is 5.82 Å². The first-order chi connectivity index (χ1) is 15.8. The van der Waals surface area contributed by atoms with Gasteiger partial charge >= 0.3 is 5.97 Å². The maximum Gasteiger partial charge on any atom is 0.335 e. The van der Waals surface area contributed by atoms with Crippen LogP contribution in [0.3, 0.4) is 0 Å². The Morgan fingerprint density at radius 3 is 2.58 bits per heavy atom. The normalized spacial score (nSPS) is 21.3. The van der Waals surface area contributed by atoms with Gasteiger partial charge in [0.05, 0.1) is 17.2 Å². The fourth-order valence-corrected chi connectivity index (χ4v) is 5.33. The van der Waals surface area contributed by atoms with E-state index in [4.69, 9.17) is 9.72 Å². The van der Waals surface area contributed by atoms with Crippen LogP contribution in [-0.4, -0.2) is 43.5 Å². The lowest BCUT2D eigenvalue weighted by Crippen LogP contribution is -2.43. The van der Waals surface area contributed by atoms with Gasteiger partial charge in [-0.2, -0.15) is 5.10 Å². The molecule has 3 aromatic heterocycles. The van der Waals surface area contributed by atoms with Crippen LogP contribution in [0.5, 0.6) is 0 Å². The molecular formula is C25H27FN4O3. The maximum atomic E-state index is 13.7. The number of halogens is 1. The largest absolute Gasteiger partial charge is 0.479 e. The second kappa shape index (κ2) is 7.95. The molecule has 2 N–H and O–H groups in total. The highest BCUT2D eigenvalue weighted by Crippen LogP contribution is 2.46. The monoisotopic (exact) mass is 450 g/mol. The minimum Gasteiger partial charge on any atom is -0.479 e. The third-order valence-electron chi connectivity index (χ3n) is 7.03. The molecule has 0 saturated heterocycles. The van der Waals surface area contributed by atoms with Gasteiger partial charge in [-0.1, -0.05) is 13.8 Å². The van der Waals surface area contributed by atoms with Crippen molar-refractivity contribution in [2.45, 2.75) is 57.0 Å². The number of ether oxygens (including phenoxy) is 1. The van der Waals surface area contributed by atoms with Crippen molar-refractivity contribution in [1.29, 1.82) is 0 Å². The molecular weight excluding hydrogens is 423 g/mol. The molecule has 1 aliphatic rings. The molecule has 4 aromatic rings. The van der Waals surface area contributed by atoms with E-state index in [2.05, 4.69) is 34.7 Å². The van der Waals surface area contributed by atoms with Crippen LogP contribution in [0.15, 0.2) is 36.5 Å². The first kappa shape index (κ1) is 21.6. The molecule has 172 valence electrons. The zero-order chi connectivity index (χ0) is 23.3. The number of fused-ring (bicyclic) bond motifs is 2. The fourth-order valence-electron chi connectivity index (χ4n) is 5.33. The third-order valence-corrected chi connectivity index (χ3v) is 7.03. The van der Waals surface area contributed by atoms with Gasteiger partial charge in [0.1, 0.15) is 5.82 Å². The van der Waals surface area contributed by atoms with E-state index in [-0.39, 0.29) is 17.7 Å². The SMILES string of the molecule is COC1(C(=O)O)CCC(c2c(C(C)C)n(-c3ccc(F)cc3)c3cc4cn[nH]c4nc23)CC1. The van der Waals surface area contributed by atoms with Gasteiger partial charge in [0, 0.05) is 29.4 Å². The highest BCUT2D eigenvalue weighted by atomic mass is 19.1. The van der Waals surface area contributed by atoms with Crippen LogP contribution in [0.1, 0.15) is 62.6 Å². The predicted octanol–water partition coefficient (Wildman–Crippen LogP) is 5.29. The molecule has 7 nitrogen and oxygen atoms in total. The number of hydrogen-bond acceptors (Lipinski definition) is 4. The smallest absolute Gasteiger partial charge is 0.335 e. The third kappa shape index (κ3) is 3.40. The molecule has 1 aromatic carbocycles. The summed E-state index contributed by atoms with van der Waals surface area (Å²) in [6, 6.07) is 8.57. The number of nitrogens with one attached hydrogen (secondary N) is 1. The van der Waals surface area contributed by atoms with Crippen molar-refractivity contribution < 1.29 is 19.0 Å². The van der Waals surface area contributed by atoms with Gasteiger partial charge in [-0.15, -0.1) is 0 Å². The Bertz CT molecular complexity index is 1330. The molecule has 0 aliphatic heterocycles. The second-order valence-corrected chi connectivity index (χ2v) is 9.21. The van der Waals surface area contributed by atoms with E-state index in [9.17, 15) is 14.3 Å². The van der Waals surface area contributed by atoms with Crippen molar-refractivity contribution in [3.05, 3.63) is 53.6 Å². The van der Waals surface area contributed by atoms with Crippen molar-refractivity contribution in [2.75, 3.05) is 7.11 Å². The standard InChI is InChI=1S/C25H27FN4O3/c1-14(2)22-20(15-8-10-25(33-3,11-9-15)24(31)32)21-19(12-16-13-27-29-23(16)28-21)30(22)18-6-4-17(26)5-7-18/h4-7,12-15H,8-11H2,1-3H3,(H,31,32)(H,27,28,29). The number of nitrogens with zero attached hydrogens (tertiary/aromatic N) is 3. The number of hydrogen-bond donors (Lipinski definition) is 2. The molecule has 1 aliphatic carbocycles. The second-order valence-electron chi connectivity index (χ2n) is 9.21. The quantitative estimate of drug-likeness (QED) is 0.431. The number of aromatic nitrogens is 4. The lowest BCUT2D eigenvalue weighted by atomic mass is 9.75. The van der Waals surface area contributed by atoms with E-state index < -0.39 is 11.6 Å². The number of benzene rings is 1. The molecule has 5 rings (SSSR count). The Kier molecular flexibility index (Phi) is 5.20. The van der Waals surface area contributed by atoms with Crippen LogP contribution < -0.4 is 0 Å². The first-order valence-corrected chi connectivity index (χ1v) is 11.3. The van der Waals surface area contributed by atoms with E-state index >= 15 is 0 Å². The van der Waals surface area contributed by atoms with Gasteiger partial charge in [0.15, 0.2) is 11.2 Å². The molecule has 0 unspecified atom stereocenters. The maximum absolute atomic E-state index is 13.7. The Balaban J connectivity index is 1.73. The minimum atomic E-state index is -1.13. The molecule has 8 heteroatoms. The summed E-state index contributed by atoms with van der Waals surface area (Å²) in [6.45, 7) is 4.29. The Morgan fingerprint density at radius 1 is 1.27 bits per heavy atom. The summed E-state index contributed by atoms with van der Waals surface area (Å²) in [6.07, 6.45) is 4.00. The molecule has 33 heavy (non-hydrogen) atoms. The van der Waals surface area contributed by atoms with Crippen LogP contribution in [0.4, 0.5) is 4.39 Å². The summed E-state index contributed by atoms with van der Waals surface area (Å²) in [5.74, 6) is -0.876. The molecule has 0 spiro atoms. The number of carboxylic acids is 1. The van der Waals surface area contributed by atoms with Gasteiger partial charge in [0.25, 0.3) is 0 Å². The van der Waals surface area contributed by atoms with Crippen LogP contribution in [0.2, 0.25) is 0 Å². The number of rotatable bonds is 5. The molecule has 0 atom stereocenters. The summed E-state index contributed by atoms with van der Waals surface area (Å²) < 4.78 is 21.3. The van der Waals surface area contributed by atoms with E-state index in [1.54, 1.807) is 18.3 Å². The first-order valence-electron chi connectivity index (χ1n) is 11.3. The van der Waals surface area contributed by atoms with Gasteiger partial charge in [-0.25, -0.2) is 14.2 Å². The average Bonchev–Trinajstić information content (AvgIpc) is 3.40. The lowest BCUT2D eigenvalue weighted by Gasteiger charge is -2.36. The number of pyridine rings is 1. The van der Waals surface area contributed by atoms with Crippen LogP contribution in [-0.2, 0) is 9.53 Å². The summed E-state index contributed by atoms with van der Waals surface area (Å²) >= 11 is 0. The Hall–Kier alpha value is -3.26. The van der Waals surface area contributed by atoms with E-state index in [0.717, 1.165) is 33.4 Å². The van der Waals surface area contributed by atoms with E-state index in [1.807, 2.05) is 0 Å². The van der Waals surface area contributed by atoms with Gasteiger partial charge in [-0.05, 0) is 67.9 Å². The molecule has 0 amide bonds. The zero-order valence-electron chi connectivity index (χ0n) is 18.9. The average molecular weight is 451 g/mol. The zero-order valence-corrected chi connectivity index (χ0v) is 18.9. The van der Waals surface area contributed by atoms with E-state index in [1.165, 1.54) is 19.2 Å². The summed E-state index contributed by atoms with van der Waals surface area (Å²) in [5, 5.41) is 17.8. The molecule has 3 heterocycles. The Morgan fingerprint density at radius 2 is 1.97 bits per heavy atom. The minimum absolute atomic E-state index is 0.141. The molecule has 1 fully saturated rings. The van der Waals surface area contributed by atoms with Crippen molar-refractivity contribution >= 4 is 28.0 Å². The number of aliphatic carboxylic acids is 1. The fraction of sp³-hybridized carbons (Fsp3) is 0.400. The Labute approximate surface area is 190 Å². The summed E-state index contributed by atoms with van der Waals surface area (Å²) in [4.78, 5) is 16.8. The van der Waals surface area contributed by atoms with Gasteiger partial charge in [0.2, 0.25) is 0 Å². The number of aromatic amines is 1. The topological polar surface area (TPSA) is 93.0 Å². The van der Waals surface area contributed by atoms with Crippen molar-refractivity contribution in [2.24, 2.45) is 0 Å². The van der Waals surface area contributed by atoms with Crippen molar-refractivity contribution in [3.63, 3.8) is 0 Å². The van der Waals surface area contributed by atoms with Crippen LogP contribution in [0.25, 0.3) is 27.8 Å². The van der Waals surface area contributed by atoms with Crippen molar-refractivity contribution in [3.8, 4) is 5.69 Å². The molecule has 0 bridgehead atoms.